The number of nitrogens with zero attached hydrogens (tertiary/aromatic N) is 4. The molecule has 1 amide bonds. The number of carbonyl (C=O) groups excluding carboxylic acids is 1. The molecule has 0 radical (unpaired) electrons. The molecule has 1 N–H and O–H groups in total. The van der Waals surface area contributed by atoms with Crippen molar-refractivity contribution >= 4 is 44.9 Å². The fourth-order valence-corrected chi connectivity index (χ4v) is 4.70. The van der Waals surface area contributed by atoms with Gasteiger partial charge in [0.1, 0.15) is 12.4 Å². The molecule has 0 saturated heterocycles. The Morgan fingerprint density at radius 3 is 2.87 bits per heavy atom. The van der Waals surface area contributed by atoms with Crippen LogP contribution in [-0.2, 0) is 17.9 Å². The average Bonchev–Trinajstić information content (AvgIpc) is 3.43. The minimum absolute atomic E-state index is 0.116. The van der Waals surface area contributed by atoms with E-state index in [2.05, 4.69) is 45.6 Å². The second kappa shape index (κ2) is 9.49. The third-order valence-electron chi connectivity index (χ3n) is 4.93. The zero-order chi connectivity index (χ0) is 21.8. The van der Waals surface area contributed by atoms with Gasteiger partial charge in [-0.05, 0) is 43.2 Å². The van der Waals surface area contributed by atoms with E-state index in [-0.39, 0.29) is 11.2 Å². The van der Waals surface area contributed by atoms with Crippen LogP contribution in [0.3, 0.4) is 0 Å². The molecule has 2 aromatic heterocycles. The molecule has 4 aromatic rings. The van der Waals surface area contributed by atoms with Crippen molar-refractivity contribution in [2.45, 2.75) is 44.3 Å². The lowest BCUT2D eigenvalue weighted by Gasteiger charge is -2.13. The molecule has 0 spiro atoms. The lowest BCUT2D eigenvalue weighted by Crippen LogP contribution is -2.23. The first kappa shape index (κ1) is 21.3. The van der Waals surface area contributed by atoms with Crippen molar-refractivity contribution in [1.29, 1.82) is 0 Å². The quantitative estimate of drug-likeness (QED) is 0.382. The second-order valence-electron chi connectivity index (χ2n) is 6.93. The molecule has 0 aliphatic rings. The van der Waals surface area contributed by atoms with Crippen LogP contribution in [-0.4, -0.2) is 30.9 Å². The molecule has 0 aliphatic carbocycles. The number of thioether (sulfide) groups is 1. The van der Waals surface area contributed by atoms with Gasteiger partial charge in [0.2, 0.25) is 5.91 Å². The molecule has 1 atom stereocenters. The normalized spacial score (nSPS) is 12.1. The molecule has 160 valence electrons. The van der Waals surface area contributed by atoms with Crippen molar-refractivity contribution in [2.75, 3.05) is 5.32 Å². The summed E-state index contributed by atoms with van der Waals surface area (Å²) in [6.07, 6.45) is 1.66. The number of aryl methyl sites for hydroxylation is 1. The second-order valence-corrected chi connectivity index (χ2v) is 9.13. The fourth-order valence-electron chi connectivity index (χ4n) is 3.24. The number of thiazole rings is 1. The monoisotopic (exact) mass is 453 g/mol. The third-order valence-corrected chi connectivity index (χ3v) is 6.70. The van der Waals surface area contributed by atoms with Gasteiger partial charge in [0.05, 0.1) is 5.25 Å². The first-order chi connectivity index (χ1) is 15.1. The van der Waals surface area contributed by atoms with E-state index in [0.717, 1.165) is 17.1 Å². The van der Waals surface area contributed by atoms with Crippen LogP contribution in [0, 0.1) is 6.92 Å². The van der Waals surface area contributed by atoms with Crippen LogP contribution < -0.4 is 10.1 Å². The van der Waals surface area contributed by atoms with Crippen LogP contribution in [0.5, 0.6) is 5.75 Å². The number of hydrogen-bond acceptors (Lipinski definition) is 7. The van der Waals surface area contributed by atoms with Gasteiger partial charge in [0, 0.05) is 18.1 Å². The van der Waals surface area contributed by atoms with Crippen LogP contribution in [0.2, 0.25) is 0 Å². The van der Waals surface area contributed by atoms with E-state index in [1.54, 1.807) is 6.20 Å². The summed E-state index contributed by atoms with van der Waals surface area (Å²) in [5.41, 5.74) is 1.10. The molecule has 9 heteroatoms. The first-order valence-corrected chi connectivity index (χ1v) is 11.7. The standard InChI is InChI=1S/C22H23N5O2S2/c1-4-27-19(13-29-18-10-9-16-7-5-6-8-17(16)14(18)2)25-26-22(27)31-15(3)20(28)24-21-23-11-12-30-21/h5-12,15H,4,13H2,1-3H3,(H,23,24,28). The highest BCUT2D eigenvalue weighted by Gasteiger charge is 2.20. The summed E-state index contributed by atoms with van der Waals surface area (Å²) in [6.45, 7) is 6.92. The van der Waals surface area contributed by atoms with Crippen molar-refractivity contribution in [1.82, 2.24) is 19.7 Å². The van der Waals surface area contributed by atoms with Crippen LogP contribution in [0.15, 0.2) is 53.1 Å². The summed E-state index contributed by atoms with van der Waals surface area (Å²) < 4.78 is 8.07. The van der Waals surface area contributed by atoms with Gasteiger partial charge in [-0.3, -0.25) is 4.79 Å². The molecule has 4 rings (SSSR count). The van der Waals surface area contributed by atoms with Gasteiger partial charge in [-0.25, -0.2) is 4.98 Å². The van der Waals surface area contributed by atoms with Crippen molar-refractivity contribution in [2.24, 2.45) is 0 Å². The molecular weight excluding hydrogens is 430 g/mol. The van der Waals surface area contributed by atoms with Gasteiger partial charge in [-0.15, -0.1) is 21.5 Å². The number of carbonyl (C=O) groups is 1. The zero-order valence-electron chi connectivity index (χ0n) is 17.5. The molecule has 0 aliphatic heterocycles. The summed E-state index contributed by atoms with van der Waals surface area (Å²) >= 11 is 2.76. The lowest BCUT2D eigenvalue weighted by atomic mass is 10.0. The number of nitrogens with one attached hydrogen (secondary N) is 1. The number of benzene rings is 2. The number of ether oxygens (including phenoxy) is 1. The zero-order valence-corrected chi connectivity index (χ0v) is 19.2. The summed E-state index contributed by atoms with van der Waals surface area (Å²) in [7, 11) is 0. The maximum atomic E-state index is 12.4. The van der Waals surface area contributed by atoms with Gasteiger partial charge >= 0.3 is 0 Å². The van der Waals surface area contributed by atoms with Crippen molar-refractivity contribution in [3.63, 3.8) is 0 Å². The van der Waals surface area contributed by atoms with E-state index in [1.807, 2.05) is 42.0 Å². The average molecular weight is 454 g/mol. The van der Waals surface area contributed by atoms with Crippen LogP contribution in [0.1, 0.15) is 25.2 Å². The van der Waals surface area contributed by atoms with Crippen molar-refractivity contribution in [3.8, 4) is 5.75 Å². The summed E-state index contributed by atoms with van der Waals surface area (Å²) in [6, 6.07) is 12.3. The minimum Gasteiger partial charge on any atom is -0.485 e. The molecule has 7 nitrogen and oxygen atoms in total. The van der Waals surface area contributed by atoms with Crippen molar-refractivity contribution < 1.29 is 9.53 Å². The Balaban J connectivity index is 1.44. The lowest BCUT2D eigenvalue weighted by molar-refractivity contribution is -0.115. The molecule has 0 fully saturated rings. The number of rotatable bonds is 8. The number of anilines is 1. The van der Waals surface area contributed by atoms with E-state index in [0.29, 0.717) is 23.4 Å². The smallest absolute Gasteiger partial charge is 0.239 e. The number of fused-ring (bicyclic) bond motifs is 1. The van der Waals surface area contributed by atoms with E-state index >= 15 is 0 Å². The molecule has 31 heavy (non-hydrogen) atoms. The Labute approximate surface area is 188 Å². The predicted octanol–water partition coefficient (Wildman–Crippen LogP) is 4.91. The Morgan fingerprint density at radius 1 is 1.26 bits per heavy atom. The van der Waals surface area contributed by atoms with Crippen LogP contribution in [0.25, 0.3) is 10.8 Å². The number of amides is 1. The van der Waals surface area contributed by atoms with E-state index in [4.69, 9.17) is 4.74 Å². The highest BCUT2D eigenvalue weighted by Crippen LogP contribution is 2.28. The van der Waals surface area contributed by atoms with E-state index in [9.17, 15) is 4.79 Å². The van der Waals surface area contributed by atoms with Gasteiger partial charge in [-0.1, -0.05) is 42.1 Å². The minimum atomic E-state index is -0.338. The molecule has 0 saturated carbocycles. The van der Waals surface area contributed by atoms with E-state index in [1.165, 1.54) is 33.9 Å². The Hall–Kier alpha value is -2.91. The maximum absolute atomic E-state index is 12.4. The highest BCUT2D eigenvalue weighted by atomic mass is 32.2. The van der Waals surface area contributed by atoms with E-state index < -0.39 is 0 Å². The third kappa shape index (κ3) is 4.72. The summed E-state index contributed by atoms with van der Waals surface area (Å²) in [4.78, 5) is 16.5. The number of aromatic nitrogens is 4. The Kier molecular flexibility index (Phi) is 6.53. The maximum Gasteiger partial charge on any atom is 0.239 e. The Morgan fingerprint density at radius 2 is 2.10 bits per heavy atom. The highest BCUT2D eigenvalue weighted by molar-refractivity contribution is 8.00. The predicted molar refractivity (Wildman–Crippen MR) is 125 cm³/mol. The summed E-state index contributed by atoms with van der Waals surface area (Å²) in [5, 5.41) is 16.6. The molecule has 0 bridgehead atoms. The van der Waals surface area contributed by atoms with Gasteiger partial charge in [0.15, 0.2) is 16.1 Å². The van der Waals surface area contributed by atoms with Crippen LogP contribution >= 0.6 is 23.1 Å². The van der Waals surface area contributed by atoms with Gasteiger partial charge in [-0.2, -0.15) is 0 Å². The molecular formula is C22H23N5O2S2. The van der Waals surface area contributed by atoms with Gasteiger partial charge < -0.3 is 14.6 Å². The largest absolute Gasteiger partial charge is 0.485 e. The topological polar surface area (TPSA) is 81.9 Å². The molecule has 1 unspecified atom stereocenters. The molecule has 2 heterocycles. The number of hydrogen-bond donors (Lipinski definition) is 1. The first-order valence-electron chi connectivity index (χ1n) is 9.97. The SMILES string of the molecule is CCn1c(COc2ccc3ccccc3c2C)nnc1SC(C)C(=O)Nc1nccs1. The summed E-state index contributed by atoms with van der Waals surface area (Å²) in [5.74, 6) is 1.44. The molecule has 2 aromatic carbocycles. The fraction of sp³-hybridized carbons (Fsp3) is 0.273. The van der Waals surface area contributed by atoms with Gasteiger partial charge in [0.25, 0.3) is 0 Å². The van der Waals surface area contributed by atoms with Crippen molar-refractivity contribution in [3.05, 3.63) is 59.4 Å². The Bertz CT molecular complexity index is 1190. The van der Waals surface area contributed by atoms with Crippen LogP contribution in [0.4, 0.5) is 5.13 Å².